The molecule has 216 valence electrons. The van der Waals surface area contributed by atoms with Gasteiger partial charge in [0.05, 0.1) is 31.7 Å². The van der Waals surface area contributed by atoms with Crippen LogP contribution in [0.15, 0.2) is 29.7 Å². The first-order chi connectivity index (χ1) is 19.1. The molecule has 0 aromatic carbocycles. The summed E-state index contributed by atoms with van der Waals surface area (Å²) in [6.45, 7) is -7.93. The van der Waals surface area contributed by atoms with Crippen molar-refractivity contribution in [1.29, 1.82) is 0 Å². The van der Waals surface area contributed by atoms with Crippen LogP contribution in [-0.4, -0.2) is 72.0 Å². The van der Waals surface area contributed by atoms with Gasteiger partial charge in [0.2, 0.25) is 11.8 Å². The molecule has 5 heterocycles. The molecule has 0 amide bonds. The van der Waals surface area contributed by atoms with E-state index in [1.54, 1.807) is 12.3 Å². The smallest absolute Gasteiger partial charge is 0.386 e. The molecule has 16 nitrogen and oxygen atoms in total. The minimum Gasteiger partial charge on any atom is -0.474 e. The van der Waals surface area contributed by atoms with Gasteiger partial charge in [-0.15, -0.1) is 0 Å². The van der Waals surface area contributed by atoms with Crippen molar-refractivity contribution in [2.75, 3.05) is 18.9 Å². The Labute approximate surface area is 236 Å². The van der Waals surface area contributed by atoms with Gasteiger partial charge in [-0.2, -0.15) is 4.98 Å². The molecular formula is C20H25N7O9P2S2. The lowest BCUT2D eigenvalue weighted by Gasteiger charge is -2.27. The van der Waals surface area contributed by atoms with Gasteiger partial charge in [-0.25, -0.2) is 19.5 Å². The molecule has 3 fully saturated rings. The highest BCUT2D eigenvalue weighted by molar-refractivity contribution is 8.44. The number of nitrogens with two attached hydrogens (primary N) is 1. The molecule has 3 aromatic heterocycles. The number of hydrogen-bond acceptors (Lipinski definition) is 14. The monoisotopic (exact) mass is 633 g/mol. The van der Waals surface area contributed by atoms with E-state index in [0.29, 0.717) is 18.7 Å². The van der Waals surface area contributed by atoms with Crippen LogP contribution < -0.4 is 16.0 Å². The van der Waals surface area contributed by atoms with Crippen molar-refractivity contribution in [3.8, 4) is 5.88 Å². The van der Waals surface area contributed by atoms with Crippen LogP contribution in [-0.2, 0) is 39.2 Å². The SMILES string of the molecule is Nc1nc2c(ncn2[C@@H]2O[C@@H]3COP(O)(=S)O[C@H]4C[C@H](Oc5ccncn5)C[C@@H]4COP(=O)(S)O[C@@H]2C3)c(=O)[nH]1. The maximum absolute atomic E-state index is 13.4. The van der Waals surface area contributed by atoms with Gasteiger partial charge in [-0.05, 0) is 18.2 Å². The maximum Gasteiger partial charge on any atom is 0.386 e. The van der Waals surface area contributed by atoms with E-state index in [4.69, 9.17) is 45.1 Å². The predicted molar refractivity (Wildman–Crippen MR) is 145 cm³/mol. The molecule has 20 heteroatoms. The molecule has 40 heavy (non-hydrogen) atoms. The predicted octanol–water partition coefficient (Wildman–Crippen LogP) is 1.71. The van der Waals surface area contributed by atoms with Crippen LogP contribution in [0.4, 0.5) is 5.95 Å². The lowest BCUT2D eigenvalue weighted by Crippen LogP contribution is -2.24. The summed E-state index contributed by atoms with van der Waals surface area (Å²) in [5.74, 6) is -0.121. The van der Waals surface area contributed by atoms with Crippen molar-refractivity contribution < 1.29 is 37.0 Å². The maximum atomic E-state index is 13.4. The Morgan fingerprint density at radius 3 is 2.85 bits per heavy atom. The Hall–Kier alpha value is -1.98. The third-order valence-electron chi connectivity index (χ3n) is 6.71. The van der Waals surface area contributed by atoms with Gasteiger partial charge < -0.3 is 33.7 Å². The van der Waals surface area contributed by atoms with Gasteiger partial charge in [0, 0.05) is 31.0 Å². The first-order valence-corrected chi connectivity index (χ1v) is 17.5. The van der Waals surface area contributed by atoms with Gasteiger partial charge >= 0.3 is 13.5 Å². The Morgan fingerprint density at radius 2 is 2.05 bits per heavy atom. The summed E-state index contributed by atoms with van der Waals surface area (Å²) in [5.41, 5.74) is 5.36. The van der Waals surface area contributed by atoms with Gasteiger partial charge in [0.25, 0.3) is 5.56 Å². The second-order valence-corrected chi connectivity index (χ2v) is 15.2. The first kappa shape index (κ1) is 28.2. The number of nitrogens with one attached hydrogen (secondary N) is 1. The van der Waals surface area contributed by atoms with Crippen LogP contribution in [0.1, 0.15) is 25.5 Å². The number of nitrogens with zero attached hydrogens (tertiary/aromatic N) is 5. The van der Waals surface area contributed by atoms with E-state index < -0.39 is 43.6 Å². The quantitative estimate of drug-likeness (QED) is 0.239. The standard InChI is InChI=1S/C20H25N7O9P2S2/c21-20-25-17-16(18(28)26-20)24-9-27(17)19-14-5-12(34-19)7-32-38(30,40)35-13-4-11(33-15-1-2-22-8-23-15)3-10(13)6-31-37(29,39)36-14/h1-2,8-14,19H,3-7H2,(H,29,39)(H,30,40)(H3,21,25,26,28)/t10-,11-,12+,13+,14-,19-,37?,38?/m1/s1. The lowest BCUT2D eigenvalue weighted by atomic mass is 10.1. The molecule has 3 aliphatic rings. The zero-order valence-electron chi connectivity index (χ0n) is 20.6. The fourth-order valence-electron chi connectivity index (χ4n) is 5.02. The normalized spacial score (nSPS) is 36.9. The molecule has 2 bridgehead atoms. The number of fused-ring (bicyclic) bond motifs is 4. The number of anilines is 1. The molecule has 2 saturated heterocycles. The van der Waals surface area contributed by atoms with Crippen molar-refractivity contribution in [2.45, 2.75) is 49.9 Å². The van der Waals surface area contributed by atoms with E-state index in [-0.39, 0.29) is 48.8 Å². The number of hydrogen-bond donors (Lipinski definition) is 4. The number of aromatic nitrogens is 6. The number of aromatic amines is 1. The zero-order chi connectivity index (χ0) is 28.1. The molecular weight excluding hydrogens is 608 g/mol. The molecule has 4 N–H and O–H groups in total. The summed E-state index contributed by atoms with van der Waals surface area (Å²) >= 11 is 9.50. The van der Waals surface area contributed by atoms with E-state index in [9.17, 15) is 14.3 Å². The topological polar surface area (TPSA) is 208 Å². The lowest BCUT2D eigenvalue weighted by molar-refractivity contribution is -0.0469. The van der Waals surface area contributed by atoms with E-state index in [1.807, 2.05) is 0 Å². The summed E-state index contributed by atoms with van der Waals surface area (Å²) in [6.07, 6.45) is 1.72. The summed E-state index contributed by atoms with van der Waals surface area (Å²) in [7, 11) is 0. The second-order valence-electron chi connectivity index (χ2n) is 9.49. The van der Waals surface area contributed by atoms with Crippen molar-refractivity contribution in [2.24, 2.45) is 5.92 Å². The van der Waals surface area contributed by atoms with E-state index in [2.05, 4.69) is 37.2 Å². The molecule has 8 atom stereocenters. The molecule has 2 unspecified atom stereocenters. The summed E-state index contributed by atoms with van der Waals surface area (Å²) in [6, 6.07) is 1.62. The molecule has 2 aliphatic heterocycles. The van der Waals surface area contributed by atoms with Crippen molar-refractivity contribution in [1.82, 2.24) is 29.5 Å². The van der Waals surface area contributed by atoms with Crippen LogP contribution in [0.5, 0.6) is 5.88 Å². The average molecular weight is 634 g/mol. The van der Waals surface area contributed by atoms with Gasteiger partial charge in [0.15, 0.2) is 17.4 Å². The van der Waals surface area contributed by atoms with Gasteiger partial charge in [-0.3, -0.25) is 18.9 Å². The first-order valence-electron chi connectivity index (χ1n) is 12.2. The Morgan fingerprint density at radius 1 is 1.20 bits per heavy atom. The van der Waals surface area contributed by atoms with E-state index in [1.165, 1.54) is 17.2 Å². The molecule has 6 rings (SSSR count). The third kappa shape index (κ3) is 6.11. The van der Waals surface area contributed by atoms with Gasteiger partial charge in [0.1, 0.15) is 18.5 Å². The number of thiol groups is 1. The molecule has 3 aromatic rings. The van der Waals surface area contributed by atoms with Crippen LogP contribution in [0.2, 0.25) is 0 Å². The summed E-state index contributed by atoms with van der Waals surface area (Å²) in [4.78, 5) is 41.7. The Bertz CT molecular complexity index is 1550. The minimum atomic E-state index is -3.95. The van der Waals surface area contributed by atoms with Crippen molar-refractivity contribution >= 4 is 54.7 Å². The van der Waals surface area contributed by atoms with E-state index in [0.717, 1.165) is 0 Å². The Kier molecular flexibility index (Phi) is 7.76. The number of nitrogen functional groups attached to an aromatic ring is 1. The Balaban J connectivity index is 1.25. The van der Waals surface area contributed by atoms with E-state index >= 15 is 0 Å². The van der Waals surface area contributed by atoms with Crippen LogP contribution in [0.25, 0.3) is 11.2 Å². The number of ether oxygens (including phenoxy) is 2. The molecule has 0 radical (unpaired) electrons. The molecule has 1 aliphatic carbocycles. The zero-order valence-corrected chi connectivity index (χ0v) is 24.1. The number of imidazole rings is 1. The largest absolute Gasteiger partial charge is 0.474 e. The highest BCUT2D eigenvalue weighted by Crippen LogP contribution is 2.58. The second kappa shape index (κ2) is 11.0. The number of rotatable bonds is 3. The van der Waals surface area contributed by atoms with Crippen molar-refractivity contribution in [3.05, 3.63) is 35.3 Å². The highest BCUT2D eigenvalue weighted by atomic mass is 32.7. The average Bonchev–Trinajstić information content (AvgIpc) is 3.58. The summed E-state index contributed by atoms with van der Waals surface area (Å²) in [5, 5.41) is 0. The fraction of sp³-hybridized carbons (Fsp3) is 0.550. The van der Waals surface area contributed by atoms with Crippen molar-refractivity contribution in [3.63, 3.8) is 0 Å². The third-order valence-corrected chi connectivity index (χ3v) is 9.94. The van der Waals surface area contributed by atoms with Crippen LogP contribution in [0, 0.1) is 5.92 Å². The molecule has 1 saturated carbocycles. The molecule has 0 spiro atoms. The fourth-order valence-corrected chi connectivity index (χ4v) is 8.09. The van der Waals surface area contributed by atoms with Gasteiger partial charge in [-0.1, -0.05) is 12.2 Å². The summed E-state index contributed by atoms with van der Waals surface area (Å²) < 4.78 is 49.9. The van der Waals surface area contributed by atoms with Crippen LogP contribution >= 0.6 is 25.8 Å². The minimum absolute atomic E-state index is 0.0289. The number of H-pyrrole nitrogens is 1. The van der Waals surface area contributed by atoms with Crippen LogP contribution in [0.3, 0.4) is 0 Å². The highest BCUT2D eigenvalue weighted by Gasteiger charge is 2.46.